The normalized spacial score (nSPS) is 15.9. The van der Waals surface area contributed by atoms with Crippen LogP contribution in [0.25, 0.3) is 0 Å². The summed E-state index contributed by atoms with van der Waals surface area (Å²) in [5, 5.41) is 0. The number of rotatable bonds is 4. The molecule has 0 spiro atoms. The van der Waals surface area contributed by atoms with E-state index in [9.17, 15) is 0 Å². The molecule has 0 fully saturated rings. The summed E-state index contributed by atoms with van der Waals surface area (Å²) in [4.78, 5) is 0. The molecule has 2 nitrogen and oxygen atoms in total. The van der Waals surface area contributed by atoms with Crippen LogP contribution in [0.3, 0.4) is 0 Å². The average Bonchev–Trinajstić information content (AvgIpc) is 2.00. The van der Waals surface area contributed by atoms with Crippen LogP contribution in [0.15, 0.2) is 0 Å². The van der Waals surface area contributed by atoms with Gasteiger partial charge in [0.25, 0.3) is 0 Å². The fourth-order valence-corrected chi connectivity index (χ4v) is 2.01. The number of hydrogen-bond donors (Lipinski definition) is 2. The van der Waals surface area contributed by atoms with Gasteiger partial charge in [0, 0.05) is 11.6 Å². The van der Waals surface area contributed by atoms with Crippen LogP contribution in [0, 0.1) is 17.8 Å². The third-order valence-corrected chi connectivity index (χ3v) is 3.30. The fraction of sp³-hybridized carbons (Fsp3) is 1.00. The van der Waals surface area contributed by atoms with Gasteiger partial charge in [-0.05, 0) is 17.8 Å². The minimum absolute atomic E-state index is 0.0764. The van der Waals surface area contributed by atoms with E-state index in [4.69, 9.17) is 11.5 Å². The fourth-order valence-electron chi connectivity index (χ4n) is 2.01. The van der Waals surface area contributed by atoms with Crippen molar-refractivity contribution in [1.29, 1.82) is 0 Å². The molecule has 0 aromatic rings. The third-order valence-electron chi connectivity index (χ3n) is 3.30. The SMILES string of the molecule is CC(C)C(N)C(N)(C(C)C)C(C)C. The first kappa shape index (κ1) is 12.9. The van der Waals surface area contributed by atoms with Gasteiger partial charge in [-0.15, -0.1) is 0 Å². The van der Waals surface area contributed by atoms with Gasteiger partial charge in [-0.3, -0.25) is 0 Å². The van der Waals surface area contributed by atoms with Gasteiger partial charge in [0.2, 0.25) is 0 Å². The highest BCUT2D eigenvalue weighted by atomic mass is 14.9. The number of nitrogens with two attached hydrogens (primary N) is 2. The molecule has 4 N–H and O–H groups in total. The van der Waals surface area contributed by atoms with Crippen LogP contribution in [-0.4, -0.2) is 11.6 Å². The zero-order valence-corrected chi connectivity index (χ0v) is 9.96. The first-order chi connectivity index (χ1) is 5.74. The molecule has 80 valence electrons. The molecular formula is C11H26N2. The molecular weight excluding hydrogens is 160 g/mol. The van der Waals surface area contributed by atoms with Gasteiger partial charge < -0.3 is 11.5 Å². The molecule has 2 heteroatoms. The third kappa shape index (κ3) is 2.44. The first-order valence-electron chi connectivity index (χ1n) is 5.29. The summed E-state index contributed by atoms with van der Waals surface area (Å²) in [6.45, 7) is 12.9. The van der Waals surface area contributed by atoms with E-state index in [0.717, 1.165) is 0 Å². The van der Waals surface area contributed by atoms with Crippen molar-refractivity contribution in [2.45, 2.75) is 53.1 Å². The van der Waals surface area contributed by atoms with Crippen molar-refractivity contribution in [3.63, 3.8) is 0 Å². The van der Waals surface area contributed by atoms with Gasteiger partial charge in [0.1, 0.15) is 0 Å². The molecule has 0 saturated carbocycles. The maximum absolute atomic E-state index is 6.40. The van der Waals surface area contributed by atoms with Crippen molar-refractivity contribution in [3.05, 3.63) is 0 Å². The summed E-state index contributed by atoms with van der Waals surface area (Å²) in [6, 6.07) is 0.0764. The summed E-state index contributed by atoms with van der Waals surface area (Å²) < 4.78 is 0. The lowest BCUT2D eigenvalue weighted by Crippen LogP contribution is -2.64. The van der Waals surface area contributed by atoms with E-state index in [1.54, 1.807) is 0 Å². The average molecular weight is 186 g/mol. The predicted octanol–water partition coefficient (Wildman–Crippen LogP) is 1.98. The molecule has 0 aliphatic carbocycles. The molecule has 0 heterocycles. The Kier molecular flexibility index (Phi) is 4.40. The Bertz CT molecular complexity index is 142. The first-order valence-corrected chi connectivity index (χ1v) is 5.29. The maximum atomic E-state index is 6.40. The molecule has 0 aliphatic heterocycles. The highest BCUT2D eigenvalue weighted by Gasteiger charge is 2.39. The quantitative estimate of drug-likeness (QED) is 0.705. The Balaban J connectivity index is 4.79. The van der Waals surface area contributed by atoms with Crippen molar-refractivity contribution in [2.75, 3.05) is 0 Å². The molecule has 0 aromatic carbocycles. The van der Waals surface area contributed by atoms with Crippen LogP contribution < -0.4 is 11.5 Å². The highest BCUT2D eigenvalue weighted by molar-refractivity contribution is 5.00. The van der Waals surface area contributed by atoms with Gasteiger partial charge >= 0.3 is 0 Å². The zero-order valence-electron chi connectivity index (χ0n) is 9.96. The Hall–Kier alpha value is -0.0800. The lowest BCUT2D eigenvalue weighted by Gasteiger charge is -2.44. The molecule has 0 aliphatic rings. The summed E-state index contributed by atoms with van der Waals surface area (Å²) in [5.41, 5.74) is 12.3. The molecule has 0 radical (unpaired) electrons. The second kappa shape index (κ2) is 4.43. The lowest BCUT2D eigenvalue weighted by atomic mass is 9.69. The van der Waals surface area contributed by atoms with Gasteiger partial charge in [-0.25, -0.2) is 0 Å². The van der Waals surface area contributed by atoms with E-state index in [0.29, 0.717) is 17.8 Å². The smallest absolute Gasteiger partial charge is 0.0356 e. The van der Waals surface area contributed by atoms with E-state index in [1.165, 1.54) is 0 Å². The van der Waals surface area contributed by atoms with E-state index in [2.05, 4.69) is 41.5 Å². The highest BCUT2D eigenvalue weighted by Crippen LogP contribution is 2.29. The van der Waals surface area contributed by atoms with Crippen molar-refractivity contribution >= 4 is 0 Å². The molecule has 0 bridgehead atoms. The second-order valence-electron chi connectivity index (χ2n) is 5.08. The molecule has 13 heavy (non-hydrogen) atoms. The zero-order chi connectivity index (χ0) is 10.8. The topological polar surface area (TPSA) is 52.0 Å². The Morgan fingerprint density at radius 1 is 0.846 bits per heavy atom. The van der Waals surface area contributed by atoms with Crippen LogP contribution in [0.2, 0.25) is 0 Å². The van der Waals surface area contributed by atoms with Crippen LogP contribution >= 0.6 is 0 Å². The molecule has 0 rings (SSSR count). The van der Waals surface area contributed by atoms with Crippen molar-refractivity contribution in [3.8, 4) is 0 Å². The largest absolute Gasteiger partial charge is 0.326 e. The summed E-state index contributed by atoms with van der Waals surface area (Å²) in [5.74, 6) is 1.28. The Morgan fingerprint density at radius 2 is 1.15 bits per heavy atom. The monoisotopic (exact) mass is 186 g/mol. The van der Waals surface area contributed by atoms with Gasteiger partial charge in [-0.1, -0.05) is 41.5 Å². The minimum Gasteiger partial charge on any atom is -0.326 e. The van der Waals surface area contributed by atoms with Crippen molar-refractivity contribution < 1.29 is 0 Å². The maximum Gasteiger partial charge on any atom is 0.0356 e. The van der Waals surface area contributed by atoms with Gasteiger partial charge in [0.05, 0.1) is 0 Å². The summed E-state index contributed by atoms with van der Waals surface area (Å²) in [7, 11) is 0. The minimum atomic E-state index is -0.242. The molecule has 1 atom stereocenters. The standard InChI is InChI=1S/C11H26N2/c1-7(2)10(12)11(13,8(3)4)9(5)6/h7-10H,12-13H2,1-6H3. The van der Waals surface area contributed by atoms with E-state index >= 15 is 0 Å². The molecule has 0 saturated heterocycles. The summed E-state index contributed by atoms with van der Waals surface area (Å²) in [6.07, 6.45) is 0. The molecule has 0 amide bonds. The van der Waals surface area contributed by atoms with Gasteiger partial charge in [-0.2, -0.15) is 0 Å². The van der Waals surface area contributed by atoms with E-state index in [-0.39, 0.29) is 11.6 Å². The number of hydrogen-bond acceptors (Lipinski definition) is 2. The van der Waals surface area contributed by atoms with Crippen LogP contribution in [0.4, 0.5) is 0 Å². The van der Waals surface area contributed by atoms with Crippen molar-refractivity contribution in [2.24, 2.45) is 29.2 Å². The van der Waals surface area contributed by atoms with E-state index in [1.807, 2.05) is 0 Å². The Morgan fingerprint density at radius 3 is 1.23 bits per heavy atom. The lowest BCUT2D eigenvalue weighted by molar-refractivity contribution is 0.152. The van der Waals surface area contributed by atoms with Gasteiger partial charge in [0.15, 0.2) is 0 Å². The van der Waals surface area contributed by atoms with Crippen LogP contribution in [0.5, 0.6) is 0 Å². The molecule has 0 aromatic heterocycles. The van der Waals surface area contributed by atoms with Crippen molar-refractivity contribution in [1.82, 2.24) is 0 Å². The predicted molar refractivity (Wildman–Crippen MR) is 59.4 cm³/mol. The van der Waals surface area contributed by atoms with Crippen LogP contribution in [0.1, 0.15) is 41.5 Å². The molecule has 1 unspecified atom stereocenters. The van der Waals surface area contributed by atoms with E-state index < -0.39 is 0 Å². The van der Waals surface area contributed by atoms with Crippen LogP contribution in [-0.2, 0) is 0 Å². The Labute approximate surface area is 83.1 Å². The second-order valence-corrected chi connectivity index (χ2v) is 5.08. The summed E-state index contributed by atoms with van der Waals surface area (Å²) >= 11 is 0.